The number of carbonyl (C=O) groups is 1. The predicted octanol–water partition coefficient (Wildman–Crippen LogP) is 3.89. The largest absolute Gasteiger partial charge is 0.271 e. The third kappa shape index (κ3) is 4.01. The lowest BCUT2D eigenvalue weighted by molar-refractivity contribution is 0.0955. The summed E-state index contributed by atoms with van der Waals surface area (Å²) in [7, 11) is 0. The van der Waals surface area contributed by atoms with E-state index in [0.29, 0.717) is 11.1 Å². The van der Waals surface area contributed by atoms with Crippen LogP contribution in [0.5, 0.6) is 0 Å². The van der Waals surface area contributed by atoms with E-state index >= 15 is 0 Å². The molecule has 0 fully saturated rings. The summed E-state index contributed by atoms with van der Waals surface area (Å²) in [5, 5.41) is 3.79. The van der Waals surface area contributed by atoms with E-state index in [4.69, 9.17) is 0 Å². The van der Waals surface area contributed by atoms with Gasteiger partial charge in [-0.2, -0.15) is 5.10 Å². The van der Waals surface area contributed by atoms with Crippen LogP contribution in [0.1, 0.15) is 42.3 Å². The van der Waals surface area contributed by atoms with Gasteiger partial charge in [0.25, 0.3) is 5.91 Å². The second-order valence-corrected chi connectivity index (χ2v) is 6.05. The molecule has 3 nitrogen and oxygen atoms in total. The smallest absolute Gasteiger partial charge is 0.267 e. The van der Waals surface area contributed by atoms with Gasteiger partial charge in [-0.3, -0.25) is 4.79 Å². The topological polar surface area (TPSA) is 41.5 Å². The summed E-state index contributed by atoms with van der Waals surface area (Å²) < 4.78 is 13.4. The van der Waals surface area contributed by atoms with Crippen LogP contribution in [0.15, 0.2) is 53.6 Å². The minimum atomic E-state index is -0.380. The lowest BCUT2D eigenvalue weighted by Crippen LogP contribution is -2.18. The molecule has 114 valence electrons. The van der Waals surface area contributed by atoms with Gasteiger partial charge < -0.3 is 0 Å². The van der Waals surface area contributed by atoms with Gasteiger partial charge in [-0.25, -0.2) is 9.82 Å². The summed E-state index contributed by atoms with van der Waals surface area (Å²) in [4.78, 5) is 12.0. The molecule has 1 N–H and O–H groups in total. The van der Waals surface area contributed by atoms with Gasteiger partial charge in [0, 0.05) is 11.1 Å². The second kappa shape index (κ2) is 6.52. The third-order valence-corrected chi connectivity index (χ3v) is 3.29. The zero-order valence-corrected chi connectivity index (χ0v) is 12.9. The van der Waals surface area contributed by atoms with Crippen LogP contribution in [0.3, 0.4) is 0 Å². The molecule has 22 heavy (non-hydrogen) atoms. The average Bonchev–Trinajstić information content (AvgIpc) is 2.48. The number of amides is 1. The molecule has 0 aliphatic carbocycles. The lowest BCUT2D eigenvalue weighted by atomic mass is 9.87. The van der Waals surface area contributed by atoms with E-state index in [1.165, 1.54) is 12.3 Å². The van der Waals surface area contributed by atoms with Crippen LogP contribution < -0.4 is 5.43 Å². The molecule has 2 aromatic rings. The fourth-order valence-corrected chi connectivity index (χ4v) is 1.93. The summed E-state index contributed by atoms with van der Waals surface area (Å²) in [5.74, 6) is -0.705. The van der Waals surface area contributed by atoms with Crippen molar-refractivity contribution in [2.45, 2.75) is 26.2 Å². The number of hydrazone groups is 1. The van der Waals surface area contributed by atoms with Gasteiger partial charge >= 0.3 is 0 Å². The van der Waals surface area contributed by atoms with Crippen molar-refractivity contribution in [2.24, 2.45) is 5.10 Å². The summed E-state index contributed by atoms with van der Waals surface area (Å²) in [6.45, 7) is 6.34. The Morgan fingerprint density at radius 1 is 1.09 bits per heavy atom. The number of nitrogens with one attached hydrogen (secondary N) is 1. The van der Waals surface area contributed by atoms with E-state index < -0.39 is 0 Å². The van der Waals surface area contributed by atoms with Crippen molar-refractivity contribution in [3.05, 3.63) is 71.0 Å². The van der Waals surface area contributed by atoms with Crippen LogP contribution in [-0.4, -0.2) is 12.1 Å². The van der Waals surface area contributed by atoms with Crippen LogP contribution in [0, 0.1) is 5.82 Å². The minimum absolute atomic E-state index is 0.0397. The van der Waals surface area contributed by atoms with Gasteiger partial charge in [0.05, 0.1) is 6.21 Å². The Kier molecular flexibility index (Phi) is 4.71. The van der Waals surface area contributed by atoms with E-state index in [1.54, 1.807) is 30.3 Å². The number of hydrogen-bond acceptors (Lipinski definition) is 2. The van der Waals surface area contributed by atoms with Crippen molar-refractivity contribution in [1.82, 2.24) is 5.43 Å². The Hall–Kier alpha value is -2.49. The number of nitrogens with zero attached hydrogens (tertiary/aromatic N) is 1. The SMILES string of the molecule is CC(C)(C)c1ccc(C(=O)NN=Cc2ccccc2F)cc1. The number of benzene rings is 2. The molecule has 2 rings (SSSR count). The summed E-state index contributed by atoms with van der Waals surface area (Å²) in [6.07, 6.45) is 1.29. The fourth-order valence-electron chi connectivity index (χ4n) is 1.93. The normalized spacial score (nSPS) is 11.6. The Balaban J connectivity index is 2.02. The highest BCUT2D eigenvalue weighted by atomic mass is 19.1. The number of carbonyl (C=O) groups excluding carboxylic acids is 1. The Labute approximate surface area is 129 Å². The summed E-state index contributed by atoms with van der Waals surface area (Å²) >= 11 is 0. The summed E-state index contributed by atoms with van der Waals surface area (Å²) in [5.41, 5.74) is 4.43. The first-order valence-corrected chi connectivity index (χ1v) is 7.06. The maximum atomic E-state index is 13.4. The van der Waals surface area contributed by atoms with Crippen molar-refractivity contribution in [3.63, 3.8) is 0 Å². The van der Waals surface area contributed by atoms with Crippen LogP contribution in [0.4, 0.5) is 4.39 Å². The van der Waals surface area contributed by atoms with Crippen LogP contribution >= 0.6 is 0 Å². The van der Waals surface area contributed by atoms with Crippen LogP contribution in [0.2, 0.25) is 0 Å². The van der Waals surface area contributed by atoms with E-state index in [-0.39, 0.29) is 17.1 Å². The molecular weight excluding hydrogens is 279 g/mol. The molecule has 0 radical (unpaired) electrons. The van der Waals surface area contributed by atoms with Crippen molar-refractivity contribution in [3.8, 4) is 0 Å². The molecule has 0 aliphatic heterocycles. The fraction of sp³-hybridized carbons (Fsp3) is 0.222. The first kappa shape index (κ1) is 15.9. The summed E-state index contributed by atoms with van der Waals surface area (Å²) in [6, 6.07) is 13.6. The maximum Gasteiger partial charge on any atom is 0.271 e. The number of hydrogen-bond donors (Lipinski definition) is 1. The highest BCUT2D eigenvalue weighted by molar-refractivity contribution is 5.94. The molecule has 0 atom stereocenters. The molecule has 0 saturated carbocycles. The quantitative estimate of drug-likeness (QED) is 0.678. The van der Waals surface area contributed by atoms with Crippen molar-refractivity contribution in [1.29, 1.82) is 0 Å². The Morgan fingerprint density at radius 2 is 1.73 bits per heavy atom. The standard InChI is InChI=1S/C18H19FN2O/c1-18(2,3)15-10-8-13(9-11-15)17(22)21-20-12-14-6-4-5-7-16(14)19/h4-12H,1-3H3,(H,21,22). The number of halogens is 1. The Morgan fingerprint density at radius 3 is 2.32 bits per heavy atom. The molecule has 0 bridgehead atoms. The molecule has 0 heterocycles. The van der Waals surface area contributed by atoms with E-state index in [1.807, 2.05) is 12.1 Å². The Bertz CT molecular complexity index is 685. The molecule has 2 aromatic carbocycles. The van der Waals surface area contributed by atoms with E-state index in [2.05, 4.69) is 31.3 Å². The molecular formula is C18H19FN2O. The van der Waals surface area contributed by atoms with Crippen molar-refractivity contribution < 1.29 is 9.18 Å². The van der Waals surface area contributed by atoms with Crippen LogP contribution in [-0.2, 0) is 5.41 Å². The molecule has 0 saturated heterocycles. The van der Waals surface area contributed by atoms with Gasteiger partial charge in [-0.15, -0.1) is 0 Å². The van der Waals surface area contributed by atoms with E-state index in [0.717, 1.165) is 5.56 Å². The molecule has 1 amide bonds. The van der Waals surface area contributed by atoms with Crippen LogP contribution in [0.25, 0.3) is 0 Å². The van der Waals surface area contributed by atoms with E-state index in [9.17, 15) is 9.18 Å². The molecule has 0 unspecified atom stereocenters. The number of rotatable bonds is 3. The first-order valence-electron chi connectivity index (χ1n) is 7.06. The van der Waals surface area contributed by atoms with Gasteiger partial charge in [-0.05, 0) is 29.2 Å². The molecule has 0 aliphatic rings. The molecule has 0 spiro atoms. The first-order chi connectivity index (χ1) is 10.4. The third-order valence-electron chi connectivity index (χ3n) is 3.29. The monoisotopic (exact) mass is 298 g/mol. The zero-order valence-electron chi connectivity index (χ0n) is 12.9. The zero-order chi connectivity index (χ0) is 16.2. The van der Waals surface area contributed by atoms with Crippen molar-refractivity contribution in [2.75, 3.05) is 0 Å². The highest BCUT2D eigenvalue weighted by Crippen LogP contribution is 2.22. The van der Waals surface area contributed by atoms with Gasteiger partial charge in [0.2, 0.25) is 0 Å². The lowest BCUT2D eigenvalue weighted by Gasteiger charge is -2.18. The minimum Gasteiger partial charge on any atom is -0.267 e. The second-order valence-electron chi connectivity index (χ2n) is 6.05. The highest BCUT2D eigenvalue weighted by Gasteiger charge is 2.14. The van der Waals surface area contributed by atoms with Gasteiger partial charge in [0.1, 0.15) is 5.82 Å². The van der Waals surface area contributed by atoms with Gasteiger partial charge in [0.15, 0.2) is 0 Å². The molecule has 0 aromatic heterocycles. The van der Waals surface area contributed by atoms with Crippen molar-refractivity contribution >= 4 is 12.1 Å². The predicted molar refractivity (Wildman–Crippen MR) is 86.6 cm³/mol. The maximum absolute atomic E-state index is 13.4. The van der Waals surface area contributed by atoms with Gasteiger partial charge in [-0.1, -0.05) is 51.1 Å². The molecule has 4 heteroatoms. The average molecular weight is 298 g/mol.